The third-order valence-electron chi connectivity index (χ3n) is 1.77. The van der Waals surface area contributed by atoms with E-state index in [-0.39, 0.29) is 12.0 Å². The zero-order valence-electron chi connectivity index (χ0n) is 9.88. The number of rotatable bonds is 5. The topological polar surface area (TPSA) is 98.8 Å². The fraction of sp³-hybridized carbons (Fsp3) is 0.333. The van der Waals surface area contributed by atoms with Gasteiger partial charge in [0.1, 0.15) is 0 Å². The van der Waals surface area contributed by atoms with Gasteiger partial charge in [0, 0.05) is 11.1 Å². The predicted molar refractivity (Wildman–Crippen MR) is 69.8 cm³/mol. The maximum absolute atomic E-state index is 5.30. The Balaban J connectivity index is 2.23. The molecule has 0 bridgehead atoms. The molecule has 96 valence electrons. The number of nitrogens with zero attached hydrogens (tertiary/aromatic N) is 4. The van der Waals surface area contributed by atoms with E-state index in [4.69, 9.17) is 10.6 Å². The average Bonchev–Trinajstić information content (AvgIpc) is 2.75. The van der Waals surface area contributed by atoms with Crippen LogP contribution in [0.4, 0.5) is 5.95 Å². The van der Waals surface area contributed by atoms with Crippen molar-refractivity contribution in [3.8, 4) is 6.01 Å². The van der Waals surface area contributed by atoms with Gasteiger partial charge in [0.05, 0.1) is 6.61 Å². The van der Waals surface area contributed by atoms with Gasteiger partial charge in [-0.2, -0.15) is 15.0 Å². The van der Waals surface area contributed by atoms with Crippen molar-refractivity contribution in [2.45, 2.75) is 23.3 Å². The molecule has 0 spiro atoms. The Hall–Kier alpha value is -1.45. The Morgan fingerprint density at radius 3 is 2.83 bits per heavy atom. The molecule has 0 atom stereocenters. The van der Waals surface area contributed by atoms with Crippen molar-refractivity contribution in [3.05, 3.63) is 11.1 Å². The number of nitrogens with two attached hydrogens (primary N) is 1. The first-order valence-corrected chi connectivity index (χ1v) is 6.86. The molecule has 0 radical (unpaired) electrons. The van der Waals surface area contributed by atoms with Gasteiger partial charge in [0.15, 0.2) is 4.34 Å². The molecular weight excluding hydrogens is 272 g/mol. The summed E-state index contributed by atoms with van der Waals surface area (Å²) in [5.41, 5.74) is 3.36. The minimum Gasteiger partial charge on any atom is -0.464 e. The second-order valence-corrected chi connectivity index (χ2v) is 5.23. The second-order valence-electron chi connectivity index (χ2n) is 3.16. The van der Waals surface area contributed by atoms with E-state index in [2.05, 4.69) is 25.4 Å². The van der Waals surface area contributed by atoms with E-state index in [1.165, 1.54) is 23.1 Å². The Morgan fingerprint density at radius 1 is 1.39 bits per heavy atom. The summed E-state index contributed by atoms with van der Waals surface area (Å²) >= 11 is 2.88. The molecule has 2 aromatic rings. The minimum absolute atomic E-state index is 0.247. The molecule has 0 saturated carbocycles. The number of hydrazine groups is 1. The first kappa shape index (κ1) is 13.0. The van der Waals surface area contributed by atoms with Crippen molar-refractivity contribution in [2.24, 2.45) is 5.84 Å². The maximum atomic E-state index is 5.30. The van der Waals surface area contributed by atoms with E-state index in [0.717, 1.165) is 10.0 Å². The highest BCUT2D eigenvalue weighted by Gasteiger charge is 2.10. The van der Waals surface area contributed by atoms with Crippen LogP contribution in [0.1, 0.15) is 12.6 Å². The molecule has 0 aliphatic carbocycles. The van der Waals surface area contributed by atoms with Crippen LogP contribution in [-0.2, 0) is 0 Å². The normalized spacial score (nSPS) is 10.4. The van der Waals surface area contributed by atoms with E-state index in [0.29, 0.717) is 11.8 Å². The van der Waals surface area contributed by atoms with Gasteiger partial charge in [0.25, 0.3) is 0 Å². The molecule has 0 saturated heterocycles. The van der Waals surface area contributed by atoms with Crippen LogP contribution >= 0.6 is 23.1 Å². The Labute approximate surface area is 112 Å². The third-order valence-corrected chi connectivity index (χ3v) is 3.70. The number of aromatic nitrogens is 4. The van der Waals surface area contributed by atoms with Crippen LogP contribution in [0.5, 0.6) is 6.01 Å². The fourth-order valence-electron chi connectivity index (χ4n) is 1.10. The first-order valence-electron chi connectivity index (χ1n) is 5.16. The molecule has 0 fully saturated rings. The minimum atomic E-state index is 0.247. The van der Waals surface area contributed by atoms with Gasteiger partial charge >= 0.3 is 6.01 Å². The number of hydrogen-bond donors (Lipinski definition) is 2. The van der Waals surface area contributed by atoms with E-state index >= 15 is 0 Å². The summed E-state index contributed by atoms with van der Waals surface area (Å²) in [6.45, 7) is 4.28. The monoisotopic (exact) mass is 284 g/mol. The lowest BCUT2D eigenvalue weighted by Crippen LogP contribution is -2.12. The molecule has 9 heteroatoms. The largest absolute Gasteiger partial charge is 0.464 e. The van der Waals surface area contributed by atoms with Crippen LogP contribution in [0.3, 0.4) is 0 Å². The number of nitrogen functional groups attached to an aromatic ring is 1. The lowest BCUT2D eigenvalue weighted by molar-refractivity contribution is 0.308. The van der Waals surface area contributed by atoms with Gasteiger partial charge in [-0.1, -0.05) is 0 Å². The quantitative estimate of drug-likeness (QED) is 0.629. The molecular formula is C9H12N6OS2. The Kier molecular flexibility index (Phi) is 4.28. The van der Waals surface area contributed by atoms with Crippen LogP contribution in [0, 0.1) is 6.92 Å². The SMILES string of the molecule is CCOc1nc(NN)nc(Sc2nc(C)cs2)n1. The highest BCUT2D eigenvalue weighted by molar-refractivity contribution is 8.00. The van der Waals surface area contributed by atoms with Gasteiger partial charge in [-0.25, -0.2) is 10.8 Å². The van der Waals surface area contributed by atoms with Gasteiger partial charge in [-0.15, -0.1) is 11.3 Å². The molecule has 0 aromatic carbocycles. The molecule has 3 N–H and O–H groups in total. The predicted octanol–water partition coefficient (Wildman–Crippen LogP) is 1.47. The van der Waals surface area contributed by atoms with E-state index in [1.807, 2.05) is 19.2 Å². The van der Waals surface area contributed by atoms with Crippen molar-refractivity contribution in [2.75, 3.05) is 12.0 Å². The molecule has 2 aromatic heterocycles. The van der Waals surface area contributed by atoms with E-state index in [1.54, 1.807) is 0 Å². The van der Waals surface area contributed by atoms with Crippen molar-refractivity contribution in [1.82, 2.24) is 19.9 Å². The molecule has 18 heavy (non-hydrogen) atoms. The summed E-state index contributed by atoms with van der Waals surface area (Å²) in [6.07, 6.45) is 0. The second kappa shape index (κ2) is 5.94. The number of hydrogen-bond acceptors (Lipinski definition) is 9. The highest BCUT2D eigenvalue weighted by atomic mass is 32.2. The van der Waals surface area contributed by atoms with Gasteiger partial charge in [-0.3, -0.25) is 5.43 Å². The molecule has 0 aliphatic heterocycles. The third kappa shape index (κ3) is 3.28. The van der Waals surface area contributed by atoms with Crippen LogP contribution < -0.4 is 16.0 Å². The van der Waals surface area contributed by atoms with E-state index < -0.39 is 0 Å². The molecule has 0 amide bonds. The van der Waals surface area contributed by atoms with Crippen molar-refractivity contribution in [3.63, 3.8) is 0 Å². The number of nitrogens with one attached hydrogen (secondary N) is 1. The maximum Gasteiger partial charge on any atom is 0.322 e. The number of thiazole rings is 1. The smallest absolute Gasteiger partial charge is 0.322 e. The Morgan fingerprint density at radius 2 is 2.22 bits per heavy atom. The zero-order chi connectivity index (χ0) is 13.0. The van der Waals surface area contributed by atoms with Crippen molar-refractivity contribution < 1.29 is 4.74 Å². The lowest BCUT2D eigenvalue weighted by Gasteiger charge is -2.04. The summed E-state index contributed by atoms with van der Waals surface area (Å²) < 4.78 is 6.11. The summed E-state index contributed by atoms with van der Waals surface area (Å²) in [7, 11) is 0. The van der Waals surface area contributed by atoms with E-state index in [9.17, 15) is 0 Å². The first-order chi connectivity index (χ1) is 8.71. The molecule has 0 aliphatic rings. The zero-order valence-corrected chi connectivity index (χ0v) is 11.5. The fourth-order valence-corrected chi connectivity index (χ4v) is 2.78. The molecule has 2 heterocycles. The van der Waals surface area contributed by atoms with Crippen molar-refractivity contribution in [1.29, 1.82) is 0 Å². The lowest BCUT2D eigenvalue weighted by atomic mass is 10.6. The number of ether oxygens (including phenoxy) is 1. The van der Waals surface area contributed by atoms with Crippen LogP contribution in [0.15, 0.2) is 14.9 Å². The summed E-state index contributed by atoms with van der Waals surface area (Å²) in [5, 5.41) is 2.46. The summed E-state index contributed by atoms with van der Waals surface area (Å²) in [6, 6.07) is 0.247. The van der Waals surface area contributed by atoms with Gasteiger partial charge in [0.2, 0.25) is 11.1 Å². The molecule has 0 unspecified atom stereocenters. The van der Waals surface area contributed by atoms with Crippen molar-refractivity contribution >= 4 is 29.0 Å². The van der Waals surface area contributed by atoms with Gasteiger partial charge in [-0.05, 0) is 25.6 Å². The number of anilines is 1. The molecule has 7 nitrogen and oxygen atoms in total. The van der Waals surface area contributed by atoms with Gasteiger partial charge < -0.3 is 4.74 Å². The number of aryl methyl sites for hydroxylation is 1. The highest BCUT2D eigenvalue weighted by Crippen LogP contribution is 2.28. The summed E-state index contributed by atoms with van der Waals surface area (Å²) in [4.78, 5) is 16.6. The van der Waals surface area contributed by atoms with Crippen LogP contribution in [0.25, 0.3) is 0 Å². The molecule has 2 rings (SSSR count). The Bertz CT molecular complexity index is 532. The van der Waals surface area contributed by atoms with Crippen LogP contribution in [0.2, 0.25) is 0 Å². The summed E-state index contributed by atoms with van der Waals surface area (Å²) in [5.74, 6) is 5.57. The standard InChI is InChI=1S/C9H12N6OS2/c1-3-16-7-12-6(15-10)13-8(14-7)18-9-11-5(2)4-17-9/h4H,3,10H2,1-2H3,(H,12,13,14,15). The van der Waals surface area contributed by atoms with Crippen LogP contribution in [-0.4, -0.2) is 26.5 Å². The average molecular weight is 284 g/mol.